The second-order valence-corrected chi connectivity index (χ2v) is 5.32. The van der Waals surface area contributed by atoms with Crippen molar-refractivity contribution in [1.82, 2.24) is 0 Å². The summed E-state index contributed by atoms with van der Waals surface area (Å²) in [6.45, 7) is 1.71. The Hall–Kier alpha value is -1.55. The first-order valence-corrected chi connectivity index (χ1v) is 6.33. The molecule has 1 aromatic carbocycles. The molecule has 0 amide bonds. The Morgan fingerprint density at radius 1 is 1.33 bits per heavy atom. The fourth-order valence-corrected chi connectivity index (χ4v) is 2.14. The van der Waals surface area contributed by atoms with E-state index in [0.29, 0.717) is 12.2 Å². The van der Waals surface area contributed by atoms with E-state index in [4.69, 9.17) is 4.42 Å². The summed E-state index contributed by atoms with van der Waals surface area (Å²) < 4.78 is 6.18. The average molecular weight is 309 g/mol. The summed E-state index contributed by atoms with van der Waals surface area (Å²) in [4.78, 5) is 11.6. The van der Waals surface area contributed by atoms with Crippen LogP contribution in [0.4, 0.5) is 0 Å². The van der Waals surface area contributed by atoms with E-state index in [9.17, 15) is 9.90 Å². The maximum Gasteiger partial charge on any atom is 0.314 e. The monoisotopic (exact) mass is 308 g/mol. The fourth-order valence-electron chi connectivity index (χ4n) is 1.88. The van der Waals surface area contributed by atoms with Crippen LogP contribution in [0.25, 0.3) is 0 Å². The van der Waals surface area contributed by atoms with E-state index in [2.05, 4.69) is 15.9 Å². The van der Waals surface area contributed by atoms with E-state index in [1.807, 2.05) is 24.3 Å². The predicted octanol–water partition coefficient (Wildman–Crippen LogP) is 3.63. The number of carboxylic acids is 1. The second-order valence-electron chi connectivity index (χ2n) is 4.40. The molecule has 0 fully saturated rings. The highest BCUT2D eigenvalue weighted by Gasteiger charge is 2.36. The van der Waals surface area contributed by atoms with Crippen molar-refractivity contribution in [2.24, 2.45) is 0 Å². The smallest absolute Gasteiger partial charge is 0.314 e. The molecular formula is C14H13BrO3. The zero-order valence-corrected chi connectivity index (χ0v) is 11.5. The number of benzene rings is 1. The normalized spacial score (nSPS) is 14.1. The Bertz CT molecular complexity index is 531. The van der Waals surface area contributed by atoms with E-state index < -0.39 is 11.4 Å². The quantitative estimate of drug-likeness (QED) is 0.938. The van der Waals surface area contributed by atoms with Gasteiger partial charge in [0, 0.05) is 10.9 Å². The van der Waals surface area contributed by atoms with Gasteiger partial charge in [0.25, 0.3) is 0 Å². The molecule has 94 valence electrons. The minimum absolute atomic E-state index is 0.330. The molecule has 3 nitrogen and oxygen atoms in total. The molecule has 1 unspecified atom stereocenters. The summed E-state index contributed by atoms with van der Waals surface area (Å²) >= 11 is 3.34. The van der Waals surface area contributed by atoms with Crippen LogP contribution >= 0.6 is 15.9 Å². The molecule has 18 heavy (non-hydrogen) atoms. The number of carbonyl (C=O) groups is 1. The molecule has 1 aromatic heterocycles. The average Bonchev–Trinajstić information content (AvgIpc) is 2.82. The van der Waals surface area contributed by atoms with Crippen LogP contribution in [0.5, 0.6) is 0 Å². The zero-order chi connectivity index (χ0) is 13.2. The van der Waals surface area contributed by atoms with Gasteiger partial charge >= 0.3 is 5.97 Å². The zero-order valence-electron chi connectivity index (χ0n) is 9.89. The van der Waals surface area contributed by atoms with Crippen LogP contribution in [-0.4, -0.2) is 11.1 Å². The van der Waals surface area contributed by atoms with Gasteiger partial charge in [-0.1, -0.05) is 28.1 Å². The minimum Gasteiger partial charge on any atom is -0.481 e. The summed E-state index contributed by atoms with van der Waals surface area (Å²) in [6, 6.07) is 10.9. The van der Waals surface area contributed by atoms with Crippen LogP contribution in [0, 0.1) is 0 Å². The van der Waals surface area contributed by atoms with Crippen molar-refractivity contribution in [3.8, 4) is 0 Å². The van der Waals surface area contributed by atoms with Crippen molar-refractivity contribution < 1.29 is 14.3 Å². The Balaban J connectivity index is 2.37. The van der Waals surface area contributed by atoms with Crippen LogP contribution in [-0.2, 0) is 16.6 Å². The lowest BCUT2D eigenvalue weighted by atomic mass is 9.79. The van der Waals surface area contributed by atoms with Gasteiger partial charge in [-0.05, 0) is 36.8 Å². The van der Waals surface area contributed by atoms with Gasteiger partial charge in [0.1, 0.15) is 5.76 Å². The summed E-state index contributed by atoms with van der Waals surface area (Å²) in [5, 5.41) is 9.50. The van der Waals surface area contributed by atoms with Gasteiger partial charge in [-0.25, -0.2) is 0 Å². The lowest BCUT2D eigenvalue weighted by Crippen LogP contribution is -2.34. The van der Waals surface area contributed by atoms with Gasteiger partial charge in [-0.15, -0.1) is 0 Å². The topological polar surface area (TPSA) is 50.4 Å². The van der Waals surface area contributed by atoms with Gasteiger partial charge in [0.05, 0.1) is 11.7 Å². The molecule has 0 aliphatic heterocycles. The first-order valence-electron chi connectivity index (χ1n) is 5.54. The molecule has 0 aliphatic rings. The standard InChI is InChI=1S/C14H13BrO3/c1-14(13(16)17,9-12-3-2-8-18-12)10-4-6-11(15)7-5-10/h2-8H,9H2,1H3,(H,16,17). The SMILES string of the molecule is CC(Cc1ccco1)(C(=O)O)c1ccc(Br)cc1. The van der Waals surface area contributed by atoms with Crippen molar-refractivity contribution in [2.75, 3.05) is 0 Å². The number of rotatable bonds is 4. The third-order valence-corrected chi connectivity index (χ3v) is 3.59. The van der Waals surface area contributed by atoms with Gasteiger partial charge in [-0.3, -0.25) is 4.79 Å². The Morgan fingerprint density at radius 2 is 2.00 bits per heavy atom. The first kappa shape index (κ1) is 12.9. The van der Waals surface area contributed by atoms with E-state index in [0.717, 1.165) is 10.0 Å². The molecule has 0 radical (unpaired) electrons. The van der Waals surface area contributed by atoms with Crippen molar-refractivity contribution in [2.45, 2.75) is 18.8 Å². The fraction of sp³-hybridized carbons (Fsp3) is 0.214. The van der Waals surface area contributed by atoms with Crippen LogP contribution in [0.15, 0.2) is 51.6 Å². The van der Waals surface area contributed by atoms with Gasteiger partial charge in [-0.2, -0.15) is 0 Å². The molecule has 0 aliphatic carbocycles. The van der Waals surface area contributed by atoms with Gasteiger partial charge in [0.2, 0.25) is 0 Å². The van der Waals surface area contributed by atoms with E-state index >= 15 is 0 Å². The molecule has 0 saturated heterocycles. The molecule has 2 aromatic rings. The largest absolute Gasteiger partial charge is 0.481 e. The second kappa shape index (κ2) is 4.98. The molecule has 4 heteroatoms. The molecule has 0 bridgehead atoms. The van der Waals surface area contributed by atoms with Crippen molar-refractivity contribution >= 4 is 21.9 Å². The summed E-state index contributed by atoms with van der Waals surface area (Å²) in [6.07, 6.45) is 1.89. The summed E-state index contributed by atoms with van der Waals surface area (Å²) in [5.74, 6) is -0.191. The van der Waals surface area contributed by atoms with Crippen LogP contribution in [0.2, 0.25) is 0 Å². The highest BCUT2D eigenvalue weighted by atomic mass is 79.9. The number of hydrogen-bond donors (Lipinski definition) is 1. The molecule has 0 saturated carbocycles. The number of hydrogen-bond acceptors (Lipinski definition) is 2. The minimum atomic E-state index is -0.988. The third-order valence-electron chi connectivity index (χ3n) is 3.06. The Labute approximate surface area is 114 Å². The highest BCUT2D eigenvalue weighted by Crippen LogP contribution is 2.29. The molecule has 1 atom stereocenters. The molecule has 0 spiro atoms. The molecule has 1 heterocycles. The first-order chi connectivity index (χ1) is 8.52. The van der Waals surface area contributed by atoms with Crippen molar-refractivity contribution in [3.63, 3.8) is 0 Å². The van der Waals surface area contributed by atoms with Crippen molar-refractivity contribution in [1.29, 1.82) is 0 Å². The summed E-state index contributed by atoms with van der Waals surface area (Å²) in [7, 11) is 0. The van der Waals surface area contributed by atoms with Crippen LogP contribution in [0.3, 0.4) is 0 Å². The number of halogens is 1. The molecule has 2 rings (SSSR count). The lowest BCUT2D eigenvalue weighted by Gasteiger charge is -2.24. The molecular weight excluding hydrogens is 296 g/mol. The number of carboxylic acid groups (broad SMARTS) is 1. The number of furan rings is 1. The predicted molar refractivity (Wildman–Crippen MR) is 71.5 cm³/mol. The van der Waals surface area contributed by atoms with Crippen molar-refractivity contribution in [3.05, 3.63) is 58.5 Å². The highest BCUT2D eigenvalue weighted by molar-refractivity contribution is 9.10. The Kier molecular flexibility index (Phi) is 3.57. The van der Waals surface area contributed by atoms with Gasteiger partial charge < -0.3 is 9.52 Å². The van der Waals surface area contributed by atoms with Crippen LogP contribution in [0.1, 0.15) is 18.2 Å². The summed E-state index contributed by atoms with van der Waals surface area (Å²) in [5.41, 5.74) is -0.229. The van der Waals surface area contributed by atoms with E-state index in [-0.39, 0.29) is 0 Å². The third kappa shape index (κ3) is 2.48. The maximum absolute atomic E-state index is 11.6. The lowest BCUT2D eigenvalue weighted by molar-refractivity contribution is -0.143. The number of aliphatic carboxylic acids is 1. The molecule has 1 N–H and O–H groups in total. The van der Waals surface area contributed by atoms with Crippen LogP contribution < -0.4 is 0 Å². The van der Waals surface area contributed by atoms with Gasteiger partial charge in [0.15, 0.2) is 0 Å². The van der Waals surface area contributed by atoms with E-state index in [1.54, 1.807) is 25.3 Å². The Morgan fingerprint density at radius 3 is 2.50 bits per heavy atom. The maximum atomic E-state index is 11.6. The van der Waals surface area contributed by atoms with E-state index in [1.165, 1.54) is 0 Å².